The molecule has 0 spiro atoms. The summed E-state index contributed by atoms with van der Waals surface area (Å²) >= 11 is 0. The lowest BCUT2D eigenvalue weighted by atomic mass is 10.2. The molecule has 1 aliphatic heterocycles. The first kappa shape index (κ1) is 13.9. The Morgan fingerprint density at radius 3 is 2.32 bits per heavy atom. The summed E-state index contributed by atoms with van der Waals surface area (Å²) in [6, 6.07) is 5.61. The number of benzene rings is 1. The minimum Gasteiger partial charge on any atom is -0.406 e. The van der Waals surface area contributed by atoms with E-state index in [1.54, 1.807) is 18.2 Å². The third-order valence-electron chi connectivity index (χ3n) is 2.32. The lowest BCUT2D eigenvalue weighted by molar-refractivity contribution is -0.274. The monoisotopic (exact) mass is 273 g/mol. The maximum absolute atomic E-state index is 12.0. The fourth-order valence-electron chi connectivity index (χ4n) is 1.54. The lowest BCUT2D eigenvalue weighted by Gasteiger charge is -2.08. The van der Waals surface area contributed by atoms with Gasteiger partial charge >= 0.3 is 6.36 Å². The van der Waals surface area contributed by atoms with Gasteiger partial charge in [0, 0.05) is 6.42 Å². The number of halogens is 3. The van der Waals surface area contributed by atoms with Crippen LogP contribution in [0.3, 0.4) is 0 Å². The molecule has 103 valence electrons. The second kappa shape index (κ2) is 6.08. The van der Waals surface area contributed by atoms with Crippen molar-refractivity contribution < 1.29 is 27.4 Å². The zero-order valence-electron chi connectivity index (χ0n) is 9.94. The van der Waals surface area contributed by atoms with Crippen molar-refractivity contribution in [2.45, 2.75) is 12.8 Å². The molecule has 0 aliphatic carbocycles. The van der Waals surface area contributed by atoms with Crippen molar-refractivity contribution in [3.8, 4) is 5.75 Å². The molecule has 0 N–H and O–H groups in total. The van der Waals surface area contributed by atoms with E-state index in [1.807, 2.05) is 6.08 Å². The van der Waals surface area contributed by atoms with E-state index in [4.69, 9.17) is 9.47 Å². The van der Waals surface area contributed by atoms with Crippen molar-refractivity contribution in [2.24, 2.45) is 0 Å². The summed E-state index contributed by atoms with van der Waals surface area (Å²) in [5, 5.41) is 0. The van der Waals surface area contributed by atoms with E-state index in [-0.39, 0.29) is 5.75 Å². The summed E-state index contributed by atoms with van der Waals surface area (Å²) in [6.45, 7) is 1.12. The van der Waals surface area contributed by atoms with Gasteiger partial charge in [0.15, 0.2) is 0 Å². The van der Waals surface area contributed by atoms with Gasteiger partial charge < -0.3 is 14.2 Å². The number of rotatable bonds is 4. The second-order valence-electron chi connectivity index (χ2n) is 3.79. The maximum Gasteiger partial charge on any atom is 0.573 e. The molecule has 0 amide bonds. The molecule has 0 atom stereocenters. The largest absolute Gasteiger partial charge is 0.573 e. The highest BCUT2D eigenvalue weighted by Crippen LogP contribution is 2.23. The molecule has 6 heteroatoms. The average Bonchev–Trinajstić information content (AvgIpc) is 2.82. The van der Waals surface area contributed by atoms with Gasteiger partial charge in [-0.15, -0.1) is 13.2 Å². The Morgan fingerprint density at radius 2 is 1.74 bits per heavy atom. The number of alkyl halides is 3. The summed E-state index contributed by atoms with van der Waals surface area (Å²) in [6.07, 6.45) is 0.0232. The molecule has 19 heavy (non-hydrogen) atoms. The van der Waals surface area contributed by atoms with Crippen LogP contribution in [0, 0.1) is 6.29 Å². The summed E-state index contributed by atoms with van der Waals surface area (Å²) in [5.41, 5.74) is 0.771. The van der Waals surface area contributed by atoms with Crippen molar-refractivity contribution in [2.75, 3.05) is 13.2 Å². The zero-order chi connectivity index (χ0) is 13.7. The maximum atomic E-state index is 12.0. The van der Waals surface area contributed by atoms with Gasteiger partial charge in [-0.2, -0.15) is 0 Å². The van der Waals surface area contributed by atoms with Gasteiger partial charge in [-0.1, -0.05) is 24.3 Å². The van der Waals surface area contributed by atoms with Crippen LogP contribution in [0.1, 0.15) is 12.0 Å². The van der Waals surface area contributed by atoms with Gasteiger partial charge in [0.1, 0.15) is 5.75 Å². The summed E-state index contributed by atoms with van der Waals surface area (Å²) in [7, 11) is 0. The van der Waals surface area contributed by atoms with Crippen LogP contribution >= 0.6 is 0 Å². The number of hydrogen-bond donors (Lipinski definition) is 0. The molecule has 0 saturated carbocycles. The Hall–Kier alpha value is -1.53. The van der Waals surface area contributed by atoms with Crippen LogP contribution in [0.4, 0.5) is 13.2 Å². The van der Waals surface area contributed by atoms with Crippen LogP contribution in [0.15, 0.2) is 30.3 Å². The highest BCUT2D eigenvalue weighted by molar-refractivity contribution is 5.50. The molecular formula is C13H12F3O3. The Kier molecular flexibility index (Phi) is 4.44. The van der Waals surface area contributed by atoms with Gasteiger partial charge in [0.25, 0.3) is 0 Å². The normalized spacial score (nSPS) is 17.2. The summed E-state index contributed by atoms with van der Waals surface area (Å²) < 4.78 is 50.0. The van der Waals surface area contributed by atoms with Crippen LogP contribution in [-0.2, 0) is 9.47 Å². The fourth-order valence-corrected chi connectivity index (χ4v) is 1.54. The van der Waals surface area contributed by atoms with E-state index in [9.17, 15) is 13.2 Å². The van der Waals surface area contributed by atoms with Crippen LogP contribution in [-0.4, -0.2) is 19.6 Å². The Morgan fingerprint density at radius 1 is 1.11 bits per heavy atom. The third-order valence-corrected chi connectivity index (χ3v) is 2.32. The minimum absolute atomic E-state index is 0.235. The Balaban J connectivity index is 1.85. The molecule has 1 aromatic carbocycles. The predicted octanol–water partition coefficient (Wildman–Crippen LogP) is 3.52. The molecule has 2 rings (SSSR count). The third kappa shape index (κ3) is 4.92. The van der Waals surface area contributed by atoms with Crippen LogP contribution < -0.4 is 4.74 Å². The standard InChI is InChI=1S/C13H12F3O3/c14-13(15,16)19-11-6-4-10(5-7-11)2-1-3-12-17-8-9-18-12/h1-2,4-7H,3,8-9H2. The fraction of sp³-hybridized carbons (Fsp3) is 0.308. The second-order valence-corrected chi connectivity index (χ2v) is 3.79. The molecule has 0 bridgehead atoms. The molecule has 1 radical (unpaired) electrons. The van der Waals surface area contributed by atoms with Crippen molar-refractivity contribution in [3.63, 3.8) is 0 Å². The molecular weight excluding hydrogens is 261 g/mol. The van der Waals surface area contributed by atoms with E-state index in [2.05, 4.69) is 4.74 Å². The highest BCUT2D eigenvalue weighted by atomic mass is 19.4. The van der Waals surface area contributed by atoms with Crippen LogP contribution in [0.5, 0.6) is 5.75 Å². The molecule has 1 heterocycles. The highest BCUT2D eigenvalue weighted by Gasteiger charge is 2.30. The number of hydrogen-bond acceptors (Lipinski definition) is 3. The van der Waals surface area contributed by atoms with Crippen molar-refractivity contribution in [3.05, 3.63) is 42.2 Å². The molecule has 1 saturated heterocycles. The van der Waals surface area contributed by atoms with Crippen molar-refractivity contribution >= 4 is 6.08 Å². The quantitative estimate of drug-likeness (QED) is 0.840. The lowest BCUT2D eigenvalue weighted by Crippen LogP contribution is -2.16. The van der Waals surface area contributed by atoms with Gasteiger partial charge in [0.2, 0.25) is 6.29 Å². The van der Waals surface area contributed by atoms with Gasteiger partial charge in [0.05, 0.1) is 13.2 Å². The van der Waals surface area contributed by atoms with Crippen LogP contribution in [0.2, 0.25) is 0 Å². The first-order valence-electron chi connectivity index (χ1n) is 5.67. The molecule has 1 fully saturated rings. The van der Waals surface area contributed by atoms with Crippen molar-refractivity contribution in [1.82, 2.24) is 0 Å². The molecule has 1 aliphatic rings. The Bertz CT molecular complexity index is 420. The zero-order valence-corrected chi connectivity index (χ0v) is 9.94. The van der Waals surface area contributed by atoms with E-state index in [0.717, 1.165) is 5.56 Å². The SMILES string of the molecule is FC(F)(F)Oc1ccc(C=CC[C]2OCCO2)cc1. The summed E-state index contributed by atoms with van der Waals surface area (Å²) in [4.78, 5) is 0. The summed E-state index contributed by atoms with van der Waals surface area (Å²) in [5.74, 6) is -0.235. The number of ether oxygens (including phenoxy) is 3. The topological polar surface area (TPSA) is 27.7 Å². The smallest absolute Gasteiger partial charge is 0.406 e. The molecule has 3 nitrogen and oxygen atoms in total. The van der Waals surface area contributed by atoms with Gasteiger partial charge in [-0.3, -0.25) is 0 Å². The van der Waals surface area contributed by atoms with E-state index in [1.165, 1.54) is 12.1 Å². The first-order valence-corrected chi connectivity index (χ1v) is 5.67. The predicted molar refractivity (Wildman–Crippen MR) is 61.9 cm³/mol. The van der Waals surface area contributed by atoms with E-state index < -0.39 is 6.36 Å². The molecule has 0 unspecified atom stereocenters. The van der Waals surface area contributed by atoms with E-state index in [0.29, 0.717) is 25.9 Å². The van der Waals surface area contributed by atoms with E-state index >= 15 is 0 Å². The van der Waals surface area contributed by atoms with Gasteiger partial charge in [-0.05, 0) is 17.7 Å². The molecule has 0 aromatic heterocycles. The first-order chi connectivity index (χ1) is 9.03. The van der Waals surface area contributed by atoms with Crippen LogP contribution in [0.25, 0.3) is 6.08 Å². The Labute approximate surface area is 108 Å². The minimum atomic E-state index is -4.66. The van der Waals surface area contributed by atoms with Crippen molar-refractivity contribution in [1.29, 1.82) is 0 Å². The molecule has 1 aromatic rings. The average molecular weight is 273 g/mol. The van der Waals surface area contributed by atoms with Gasteiger partial charge in [-0.25, -0.2) is 0 Å².